The van der Waals surface area contributed by atoms with E-state index in [9.17, 15) is 4.39 Å². The molecule has 0 fully saturated rings. The lowest BCUT2D eigenvalue weighted by atomic mass is 10.3. The number of pyridine rings is 1. The van der Waals surface area contributed by atoms with Gasteiger partial charge in [-0.15, -0.1) is 11.6 Å². The average molecular weight is 351 g/mol. The van der Waals surface area contributed by atoms with Gasteiger partial charge in [0.25, 0.3) is 0 Å². The van der Waals surface area contributed by atoms with Gasteiger partial charge >= 0.3 is 0 Å². The van der Waals surface area contributed by atoms with Crippen LogP contribution in [0.2, 0.25) is 5.02 Å². The minimum atomic E-state index is -0.545. The number of rotatable bonds is 3. The van der Waals surface area contributed by atoms with E-state index in [0.29, 0.717) is 16.0 Å². The third-order valence-corrected chi connectivity index (χ3v) is 3.39. The highest BCUT2D eigenvalue weighted by atomic mass is 79.9. The number of hydrogen-bond acceptors (Lipinski definition) is 2. The molecule has 0 aliphatic heterocycles. The van der Waals surface area contributed by atoms with Gasteiger partial charge in [0.2, 0.25) is 0 Å². The van der Waals surface area contributed by atoms with Crippen LogP contribution in [-0.2, 0) is 5.88 Å². The molecular weight excluding hydrogens is 344 g/mol. The van der Waals surface area contributed by atoms with Crippen LogP contribution in [-0.4, -0.2) is 4.98 Å². The highest BCUT2D eigenvalue weighted by Gasteiger charge is 2.10. The Morgan fingerprint density at radius 1 is 1.33 bits per heavy atom. The molecule has 1 aromatic carbocycles. The number of alkyl halides is 1. The van der Waals surface area contributed by atoms with Crippen LogP contribution in [0.5, 0.6) is 11.5 Å². The van der Waals surface area contributed by atoms with Crippen molar-refractivity contribution in [2.24, 2.45) is 0 Å². The minimum absolute atomic E-state index is 0.0292. The molecule has 0 saturated heterocycles. The summed E-state index contributed by atoms with van der Waals surface area (Å²) in [5.74, 6) is 0.574. The second-order valence-corrected chi connectivity index (χ2v) is 4.94. The molecule has 0 amide bonds. The fraction of sp³-hybridized carbons (Fsp3) is 0.0833. The van der Waals surface area contributed by atoms with E-state index in [-0.39, 0.29) is 10.9 Å². The molecule has 2 rings (SSSR count). The van der Waals surface area contributed by atoms with Crippen LogP contribution in [0, 0.1) is 5.82 Å². The van der Waals surface area contributed by atoms with Gasteiger partial charge in [-0.1, -0.05) is 11.6 Å². The molecule has 6 heteroatoms. The summed E-state index contributed by atoms with van der Waals surface area (Å²) in [5.41, 5.74) is 0.724. The third kappa shape index (κ3) is 2.94. The average Bonchev–Trinajstić information content (AvgIpc) is 2.36. The molecule has 0 N–H and O–H groups in total. The quantitative estimate of drug-likeness (QED) is 0.563. The summed E-state index contributed by atoms with van der Waals surface area (Å²) >= 11 is 14.7. The molecule has 0 saturated carbocycles. The number of halogens is 4. The summed E-state index contributed by atoms with van der Waals surface area (Å²) in [6.07, 6.45) is 3.17. The maximum absolute atomic E-state index is 13.4. The first-order valence-corrected chi connectivity index (χ1v) is 6.63. The van der Waals surface area contributed by atoms with Crippen molar-refractivity contribution in [3.8, 4) is 11.5 Å². The number of ether oxygens (including phenoxy) is 1. The molecule has 94 valence electrons. The van der Waals surface area contributed by atoms with Crippen LogP contribution in [0.4, 0.5) is 4.39 Å². The zero-order valence-corrected chi connectivity index (χ0v) is 12.1. The second kappa shape index (κ2) is 5.87. The summed E-state index contributed by atoms with van der Waals surface area (Å²) in [5, 5.41) is 0.0292. The van der Waals surface area contributed by atoms with E-state index in [0.717, 1.165) is 5.56 Å². The first-order chi connectivity index (χ1) is 8.61. The van der Waals surface area contributed by atoms with Crippen LogP contribution < -0.4 is 4.74 Å². The largest absolute Gasteiger partial charge is 0.456 e. The fourth-order valence-corrected chi connectivity index (χ4v) is 2.24. The Labute approximate surface area is 122 Å². The zero-order valence-electron chi connectivity index (χ0n) is 8.96. The first kappa shape index (κ1) is 13.6. The van der Waals surface area contributed by atoms with Crippen molar-refractivity contribution in [1.82, 2.24) is 4.98 Å². The summed E-state index contributed by atoms with van der Waals surface area (Å²) in [6.45, 7) is 0. The first-order valence-electron chi connectivity index (χ1n) is 4.93. The maximum atomic E-state index is 13.4. The molecule has 1 aromatic heterocycles. The molecule has 0 spiro atoms. The smallest absolute Gasteiger partial charge is 0.145 e. The van der Waals surface area contributed by atoms with E-state index in [4.69, 9.17) is 27.9 Å². The summed E-state index contributed by atoms with van der Waals surface area (Å²) in [6, 6.07) is 4.31. The topological polar surface area (TPSA) is 22.1 Å². The van der Waals surface area contributed by atoms with Gasteiger partial charge in [0.15, 0.2) is 0 Å². The highest BCUT2D eigenvalue weighted by Crippen LogP contribution is 2.34. The van der Waals surface area contributed by atoms with Crippen molar-refractivity contribution < 1.29 is 9.13 Å². The lowest BCUT2D eigenvalue weighted by Gasteiger charge is -2.11. The Kier molecular flexibility index (Phi) is 4.43. The van der Waals surface area contributed by atoms with Crippen LogP contribution in [0.15, 0.2) is 35.1 Å². The molecular formula is C12H7BrCl2FNO. The van der Waals surface area contributed by atoms with Crippen molar-refractivity contribution in [2.75, 3.05) is 0 Å². The van der Waals surface area contributed by atoms with E-state index in [2.05, 4.69) is 20.9 Å². The Hall–Kier alpha value is -0.840. The van der Waals surface area contributed by atoms with Gasteiger partial charge in [-0.3, -0.25) is 4.98 Å². The van der Waals surface area contributed by atoms with Crippen LogP contribution in [0.25, 0.3) is 0 Å². The van der Waals surface area contributed by atoms with Crippen molar-refractivity contribution in [2.45, 2.75) is 5.88 Å². The van der Waals surface area contributed by atoms with E-state index in [1.807, 2.05) is 0 Å². The lowest BCUT2D eigenvalue weighted by Crippen LogP contribution is -1.92. The van der Waals surface area contributed by atoms with E-state index < -0.39 is 5.82 Å². The van der Waals surface area contributed by atoms with E-state index >= 15 is 0 Å². The van der Waals surface area contributed by atoms with Crippen LogP contribution in [0.1, 0.15) is 5.56 Å². The maximum Gasteiger partial charge on any atom is 0.145 e. The number of benzene rings is 1. The minimum Gasteiger partial charge on any atom is -0.456 e. The Morgan fingerprint density at radius 3 is 2.83 bits per heavy atom. The van der Waals surface area contributed by atoms with Crippen LogP contribution in [0.3, 0.4) is 0 Å². The summed E-state index contributed by atoms with van der Waals surface area (Å²) in [4.78, 5) is 3.94. The third-order valence-electron chi connectivity index (χ3n) is 2.20. The lowest BCUT2D eigenvalue weighted by molar-refractivity contribution is 0.469. The molecule has 0 aliphatic carbocycles. The van der Waals surface area contributed by atoms with Gasteiger partial charge < -0.3 is 4.74 Å². The molecule has 0 aliphatic rings. The van der Waals surface area contributed by atoms with E-state index in [1.54, 1.807) is 18.5 Å². The van der Waals surface area contributed by atoms with Crippen molar-refractivity contribution in [1.29, 1.82) is 0 Å². The molecule has 0 radical (unpaired) electrons. The molecule has 1 heterocycles. The predicted molar refractivity (Wildman–Crippen MR) is 73.0 cm³/mol. The fourth-order valence-electron chi connectivity index (χ4n) is 1.32. The normalized spacial score (nSPS) is 10.4. The molecule has 2 aromatic rings. The SMILES string of the molecule is Fc1cc(Oc2ccncc2CCl)c(Br)cc1Cl. The molecule has 0 bridgehead atoms. The predicted octanol–water partition coefficient (Wildman–Crippen LogP) is 5.17. The van der Waals surface area contributed by atoms with Gasteiger partial charge in [-0.25, -0.2) is 4.39 Å². The Bertz CT molecular complexity index is 580. The highest BCUT2D eigenvalue weighted by molar-refractivity contribution is 9.10. The zero-order chi connectivity index (χ0) is 13.1. The number of aromatic nitrogens is 1. The van der Waals surface area contributed by atoms with Gasteiger partial charge in [-0.05, 0) is 28.1 Å². The molecule has 2 nitrogen and oxygen atoms in total. The van der Waals surface area contributed by atoms with Crippen molar-refractivity contribution in [3.63, 3.8) is 0 Å². The Balaban J connectivity index is 2.37. The van der Waals surface area contributed by atoms with Gasteiger partial charge in [0.05, 0.1) is 15.4 Å². The second-order valence-electron chi connectivity index (χ2n) is 3.42. The van der Waals surface area contributed by atoms with Gasteiger partial charge in [0.1, 0.15) is 17.3 Å². The van der Waals surface area contributed by atoms with Crippen molar-refractivity contribution in [3.05, 3.63) is 51.5 Å². The monoisotopic (exact) mass is 349 g/mol. The van der Waals surface area contributed by atoms with Gasteiger partial charge in [-0.2, -0.15) is 0 Å². The molecule has 0 atom stereocenters. The Morgan fingerprint density at radius 2 is 2.11 bits per heavy atom. The standard InChI is InChI=1S/C12H7BrCl2FNO/c13-8-3-9(15)10(16)4-12(8)18-11-1-2-17-6-7(11)5-14/h1-4,6H,5H2. The summed E-state index contributed by atoms with van der Waals surface area (Å²) in [7, 11) is 0. The van der Waals surface area contributed by atoms with Crippen LogP contribution >= 0.6 is 39.1 Å². The summed E-state index contributed by atoms with van der Waals surface area (Å²) < 4.78 is 19.5. The van der Waals surface area contributed by atoms with Gasteiger partial charge in [0, 0.05) is 24.0 Å². The van der Waals surface area contributed by atoms with Crippen molar-refractivity contribution >= 4 is 39.1 Å². The molecule has 0 unspecified atom stereocenters. The number of nitrogens with zero attached hydrogens (tertiary/aromatic N) is 1. The number of hydrogen-bond donors (Lipinski definition) is 0. The van der Waals surface area contributed by atoms with E-state index in [1.165, 1.54) is 12.1 Å². The molecule has 18 heavy (non-hydrogen) atoms.